The van der Waals surface area contributed by atoms with Gasteiger partial charge in [-0.05, 0) is 49.1 Å². The molecule has 0 aromatic heterocycles. The zero-order valence-electron chi connectivity index (χ0n) is 15.3. The number of benzene rings is 2. The van der Waals surface area contributed by atoms with Crippen molar-refractivity contribution in [3.8, 4) is 0 Å². The number of hydrogen-bond donors (Lipinski definition) is 0. The predicted molar refractivity (Wildman–Crippen MR) is 104 cm³/mol. The van der Waals surface area contributed by atoms with Crippen LogP contribution in [0.15, 0.2) is 54.6 Å². The third kappa shape index (κ3) is 4.39. The Hall–Kier alpha value is -1.76. The summed E-state index contributed by atoms with van der Waals surface area (Å²) in [5.74, 6) is -0.299. The van der Waals surface area contributed by atoms with Gasteiger partial charge in [0.25, 0.3) is 0 Å². The number of nitrogens with zero attached hydrogens (tertiary/aromatic N) is 2. The molecule has 0 bridgehead atoms. The van der Waals surface area contributed by atoms with Gasteiger partial charge in [0.15, 0.2) is 0 Å². The standard InChI is InChI=1S/C21H25FN2O2S/c22-19-8-6-18(7-9-19)15-24(20-10-11-20)27(25,26)21-12-13-23(16-21)14-17-4-2-1-3-5-17/h1-9,20-21H,10-16H2. The number of likely N-dealkylation sites (tertiary alicyclic amines) is 1. The highest BCUT2D eigenvalue weighted by atomic mass is 32.2. The Morgan fingerprint density at radius 1 is 0.963 bits per heavy atom. The summed E-state index contributed by atoms with van der Waals surface area (Å²) in [6.45, 7) is 2.49. The highest BCUT2D eigenvalue weighted by Crippen LogP contribution is 2.34. The van der Waals surface area contributed by atoms with E-state index in [1.54, 1.807) is 16.4 Å². The molecule has 2 aromatic rings. The fourth-order valence-electron chi connectivity index (χ4n) is 3.78. The van der Waals surface area contributed by atoms with Gasteiger partial charge in [-0.25, -0.2) is 12.8 Å². The van der Waals surface area contributed by atoms with Gasteiger partial charge in [-0.1, -0.05) is 42.5 Å². The van der Waals surface area contributed by atoms with E-state index in [1.807, 2.05) is 18.2 Å². The van der Waals surface area contributed by atoms with Crippen molar-refractivity contribution in [3.63, 3.8) is 0 Å². The van der Waals surface area contributed by atoms with Gasteiger partial charge in [-0.15, -0.1) is 0 Å². The van der Waals surface area contributed by atoms with Crippen LogP contribution < -0.4 is 0 Å². The Balaban J connectivity index is 1.45. The van der Waals surface area contributed by atoms with E-state index < -0.39 is 10.0 Å². The van der Waals surface area contributed by atoms with Gasteiger partial charge in [0.2, 0.25) is 10.0 Å². The molecular weight excluding hydrogens is 363 g/mol. The minimum Gasteiger partial charge on any atom is -0.298 e. The van der Waals surface area contributed by atoms with Gasteiger partial charge in [0.05, 0.1) is 5.25 Å². The van der Waals surface area contributed by atoms with Crippen molar-refractivity contribution in [2.45, 2.75) is 43.6 Å². The molecule has 0 amide bonds. The molecule has 2 fully saturated rings. The van der Waals surface area contributed by atoms with E-state index in [1.165, 1.54) is 17.7 Å². The van der Waals surface area contributed by atoms with Gasteiger partial charge >= 0.3 is 0 Å². The molecule has 0 spiro atoms. The molecule has 1 unspecified atom stereocenters. The lowest BCUT2D eigenvalue weighted by Gasteiger charge is -2.26. The molecular formula is C21H25FN2O2S. The minimum absolute atomic E-state index is 0.100. The van der Waals surface area contributed by atoms with Crippen LogP contribution in [0.2, 0.25) is 0 Å². The zero-order valence-corrected chi connectivity index (χ0v) is 16.1. The molecule has 1 saturated heterocycles. The highest BCUT2D eigenvalue weighted by molar-refractivity contribution is 7.89. The van der Waals surface area contributed by atoms with Crippen LogP contribution in [0.25, 0.3) is 0 Å². The number of sulfonamides is 1. The third-order valence-electron chi connectivity index (χ3n) is 5.43. The van der Waals surface area contributed by atoms with Crippen LogP contribution in [0.5, 0.6) is 0 Å². The predicted octanol–water partition coefficient (Wildman–Crippen LogP) is 3.39. The van der Waals surface area contributed by atoms with Crippen molar-refractivity contribution in [3.05, 3.63) is 71.5 Å². The lowest BCUT2D eigenvalue weighted by atomic mass is 10.2. The molecule has 27 heavy (non-hydrogen) atoms. The van der Waals surface area contributed by atoms with Crippen LogP contribution in [0.3, 0.4) is 0 Å². The van der Waals surface area contributed by atoms with E-state index in [-0.39, 0.29) is 17.1 Å². The summed E-state index contributed by atoms with van der Waals surface area (Å²) in [5.41, 5.74) is 2.05. The second-order valence-corrected chi connectivity index (χ2v) is 9.74. The lowest BCUT2D eigenvalue weighted by molar-refractivity contribution is 0.328. The van der Waals surface area contributed by atoms with Crippen LogP contribution in [0, 0.1) is 5.82 Å². The van der Waals surface area contributed by atoms with E-state index in [0.29, 0.717) is 19.5 Å². The first kappa shape index (κ1) is 18.6. The largest absolute Gasteiger partial charge is 0.298 e. The highest BCUT2D eigenvalue weighted by Gasteiger charge is 2.43. The van der Waals surface area contributed by atoms with Crippen LogP contribution in [0.1, 0.15) is 30.4 Å². The first-order valence-electron chi connectivity index (χ1n) is 9.54. The summed E-state index contributed by atoms with van der Waals surface area (Å²) in [5, 5.41) is -0.359. The average molecular weight is 389 g/mol. The Labute approximate surface area is 160 Å². The van der Waals surface area contributed by atoms with Crippen molar-refractivity contribution in [1.29, 1.82) is 0 Å². The van der Waals surface area contributed by atoms with Gasteiger partial charge in [0, 0.05) is 25.7 Å². The smallest absolute Gasteiger partial charge is 0.218 e. The normalized spacial score (nSPS) is 21.0. The number of hydrogen-bond acceptors (Lipinski definition) is 3. The number of halogens is 1. The second-order valence-electron chi connectivity index (χ2n) is 7.58. The monoisotopic (exact) mass is 388 g/mol. The maximum absolute atomic E-state index is 13.3. The van der Waals surface area contributed by atoms with Crippen molar-refractivity contribution in [2.24, 2.45) is 0 Å². The maximum atomic E-state index is 13.3. The third-order valence-corrected chi connectivity index (χ3v) is 7.74. The Bertz CT molecular complexity index is 867. The number of rotatable bonds is 7. The SMILES string of the molecule is O=S(=O)(C1CCN(Cc2ccccc2)C1)N(Cc1ccc(F)cc1)C1CC1. The fourth-order valence-corrected chi connectivity index (χ4v) is 5.92. The van der Waals surface area contributed by atoms with Crippen LogP contribution in [-0.2, 0) is 23.1 Å². The van der Waals surface area contributed by atoms with Crippen LogP contribution in [0.4, 0.5) is 4.39 Å². The molecule has 0 N–H and O–H groups in total. The van der Waals surface area contributed by atoms with Gasteiger partial charge in [-0.3, -0.25) is 4.90 Å². The molecule has 1 atom stereocenters. The lowest BCUT2D eigenvalue weighted by Crippen LogP contribution is -2.41. The Kier molecular flexibility index (Phi) is 5.30. The molecule has 4 nitrogen and oxygen atoms in total. The minimum atomic E-state index is -3.37. The molecule has 144 valence electrons. The summed E-state index contributed by atoms with van der Waals surface area (Å²) < 4.78 is 41.4. The van der Waals surface area contributed by atoms with E-state index in [9.17, 15) is 12.8 Å². The molecule has 1 saturated carbocycles. The van der Waals surface area contributed by atoms with Gasteiger partial charge < -0.3 is 0 Å². The molecule has 6 heteroatoms. The van der Waals surface area contributed by atoms with Gasteiger partial charge in [-0.2, -0.15) is 4.31 Å². The first-order chi connectivity index (χ1) is 13.0. The zero-order chi connectivity index (χ0) is 18.9. The summed E-state index contributed by atoms with van der Waals surface area (Å²) in [7, 11) is -3.37. The van der Waals surface area contributed by atoms with Crippen molar-refractivity contribution in [1.82, 2.24) is 9.21 Å². The molecule has 1 aliphatic heterocycles. The molecule has 2 aromatic carbocycles. The summed E-state index contributed by atoms with van der Waals surface area (Å²) >= 11 is 0. The summed E-state index contributed by atoms with van der Waals surface area (Å²) in [6, 6.07) is 16.4. The van der Waals surface area contributed by atoms with E-state index >= 15 is 0 Å². The topological polar surface area (TPSA) is 40.6 Å². The Morgan fingerprint density at radius 3 is 2.33 bits per heavy atom. The molecule has 1 heterocycles. The van der Waals surface area contributed by atoms with E-state index in [0.717, 1.165) is 31.5 Å². The average Bonchev–Trinajstić information content (AvgIpc) is 3.39. The molecule has 4 rings (SSSR count). The molecule has 0 radical (unpaired) electrons. The second kappa shape index (κ2) is 7.70. The van der Waals surface area contributed by atoms with Crippen molar-refractivity contribution in [2.75, 3.05) is 13.1 Å². The van der Waals surface area contributed by atoms with Crippen molar-refractivity contribution < 1.29 is 12.8 Å². The van der Waals surface area contributed by atoms with Crippen LogP contribution >= 0.6 is 0 Å². The van der Waals surface area contributed by atoms with E-state index in [2.05, 4.69) is 17.0 Å². The fraction of sp³-hybridized carbons (Fsp3) is 0.429. The molecule has 1 aliphatic carbocycles. The van der Waals surface area contributed by atoms with Crippen LogP contribution in [-0.4, -0.2) is 42.0 Å². The summed E-state index contributed by atoms with van der Waals surface area (Å²) in [6.07, 6.45) is 2.50. The Morgan fingerprint density at radius 2 is 1.67 bits per heavy atom. The summed E-state index contributed by atoms with van der Waals surface area (Å²) in [4.78, 5) is 2.22. The van der Waals surface area contributed by atoms with Gasteiger partial charge in [0.1, 0.15) is 5.82 Å². The van der Waals surface area contributed by atoms with Crippen molar-refractivity contribution >= 4 is 10.0 Å². The molecule has 2 aliphatic rings. The quantitative estimate of drug-likeness (QED) is 0.730. The van der Waals surface area contributed by atoms with E-state index in [4.69, 9.17) is 0 Å². The maximum Gasteiger partial charge on any atom is 0.218 e. The first-order valence-corrected chi connectivity index (χ1v) is 11.0.